The summed E-state index contributed by atoms with van der Waals surface area (Å²) in [6, 6.07) is 2.00. The van der Waals surface area contributed by atoms with Gasteiger partial charge in [-0.1, -0.05) is 12.2 Å². The van der Waals surface area contributed by atoms with E-state index in [9.17, 15) is 0 Å². The molecular formula is C10H14N2. The van der Waals surface area contributed by atoms with Crippen molar-refractivity contribution in [3.63, 3.8) is 0 Å². The number of pyridine rings is 1. The molecule has 1 heterocycles. The van der Waals surface area contributed by atoms with Crippen molar-refractivity contribution in [2.45, 2.75) is 13.3 Å². The molecule has 0 unspecified atom stereocenters. The molecule has 2 nitrogen and oxygen atoms in total. The fourth-order valence-corrected chi connectivity index (χ4v) is 0.957. The Morgan fingerprint density at radius 1 is 1.58 bits per heavy atom. The molecule has 1 aromatic rings. The zero-order valence-electron chi connectivity index (χ0n) is 7.33. The highest BCUT2D eigenvalue weighted by molar-refractivity contribution is 5.51. The van der Waals surface area contributed by atoms with Gasteiger partial charge in [0.1, 0.15) is 0 Å². The van der Waals surface area contributed by atoms with E-state index in [4.69, 9.17) is 5.73 Å². The Balaban J connectivity index is 2.68. The van der Waals surface area contributed by atoms with Crippen LogP contribution in [0.4, 0.5) is 0 Å². The Bertz CT molecular complexity index is 266. The molecule has 0 aliphatic carbocycles. The minimum absolute atomic E-state index is 0.704. The molecule has 64 valence electrons. The first-order valence-corrected chi connectivity index (χ1v) is 4.12. The normalized spacial score (nSPS) is 10.8. The van der Waals surface area contributed by atoms with Gasteiger partial charge in [-0.15, -0.1) is 0 Å². The van der Waals surface area contributed by atoms with Crippen LogP contribution in [0.15, 0.2) is 24.5 Å². The Morgan fingerprint density at radius 2 is 2.42 bits per heavy atom. The van der Waals surface area contributed by atoms with Crippen LogP contribution in [0.25, 0.3) is 6.08 Å². The monoisotopic (exact) mass is 162 g/mol. The van der Waals surface area contributed by atoms with Gasteiger partial charge in [-0.05, 0) is 37.1 Å². The molecule has 1 aromatic heterocycles. The van der Waals surface area contributed by atoms with Gasteiger partial charge in [0.2, 0.25) is 0 Å². The van der Waals surface area contributed by atoms with Crippen molar-refractivity contribution in [3.05, 3.63) is 35.7 Å². The zero-order chi connectivity index (χ0) is 8.81. The summed E-state index contributed by atoms with van der Waals surface area (Å²) in [7, 11) is 0. The standard InChI is InChI=1S/C10H14N2/c1-9-5-7-12-8-10(9)4-2-3-6-11/h2,4-5,7-8H,3,6,11H2,1H3. The second kappa shape index (κ2) is 4.67. The number of rotatable bonds is 3. The Hall–Kier alpha value is -1.15. The number of hydrogen-bond donors (Lipinski definition) is 1. The number of hydrogen-bond acceptors (Lipinski definition) is 2. The molecule has 0 aromatic carbocycles. The van der Waals surface area contributed by atoms with Crippen LogP contribution in [0.3, 0.4) is 0 Å². The number of aromatic nitrogens is 1. The molecule has 1 rings (SSSR count). The lowest BCUT2D eigenvalue weighted by atomic mass is 10.1. The quantitative estimate of drug-likeness (QED) is 0.735. The molecule has 0 aliphatic heterocycles. The van der Waals surface area contributed by atoms with Crippen molar-refractivity contribution in [1.82, 2.24) is 4.98 Å². The first-order valence-electron chi connectivity index (χ1n) is 4.12. The Morgan fingerprint density at radius 3 is 3.08 bits per heavy atom. The minimum atomic E-state index is 0.704. The fraction of sp³-hybridized carbons (Fsp3) is 0.300. The molecule has 0 aliphatic rings. The smallest absolute Gasteiger partial charge is 0.0342 e. The summed E-state index contributed by atoms with van der Waals surface area (Å²) < 4.78 is 0. The van der Waals surface area contributed by atoms with E-state index in [0.29, 0.717) is 6.54 Å². The van der Waals surface area contributed by atoms with Crippen LogP contribution in [-0.2, 0) is 0 Å². The third kappa shape index (κ3) is 2.47. The van der Waals surface area contributed by atoms with Gasteiger partial charge in [0, 0.05) is 12.4 Å². The van der Waals surface area contributed by atoms with Crippen molar-refractivity contribution in [2.24, 2.45) is 5.73 Å². The minimum Gasteiger partial charge on any atom is -0.330 e. The van der Waals surface area contributed by atoms with Crippen molar-refractivity contribution in [3.8, 4) is 0 Å². The lowest BCUT2D eigenvalue weighted by Gasteiger charge is -1.96. The molecule has 2 N–H and O–H groups in total. The van der Waals surface area contributed by atoms with E-state index in [1.54, 1.807) is 6.20 Å². The Kier molecular flexibility index (Phi) is 3.48. The van der Waals surface area contributed by atoms with E-state index in [-0.39, 0.29) is 0 Å². The zero-order valence-corrected chi connectivity index (χ0v) is 7.33. The van der Waals surface area contributed by atoms with Gasteiger partial charge in [0.05, 0.1) is 0 Å². The largest absolute Gasteiger partial charge is 0.330 e. The molecule has 12 heavy (non-hydrogen) atoms. The van der Waals surface area contributed by atoms with Crippen LogP contribution in [0.1, 0.15) is 17.5 Å². The maximum absolute atomic E-state index is 5.36. The van der Waals surface area contributed by atoms with E-state index in [1.807, 2.05) is 12.3 Å². The van der Waals surface area contributed by atoms with Gasteiger partial charge < -0.3 is 5.73 Å². The predicted molar refractivity (Wildman–Crippen MR) is 51.7 cm³/mol. The summed E-state index contributed by atoms with van der Waals surface area (Å²) >= 11 is 0. The predicted octanol–water partition coefficient (Wildman–Crippen LogP) is 1.75. The van der Waals surface area contributed by atoms with Crippen LogP contribution in [0.5, 0.6) is 0 Å². The molecule has 0 atom stereocenters. The molecule has 0 spiro atoms. The summed E-state index contributed by atoms with van der Waals surface area (Å²) in [6.45, 7) is 2.78. The third-order valence-electron chi connectivity index (χ3n) is 1.71. The second-order valence-corrected chi connectivity index (χ2v) is 2.71. The topological polar surface area (TPSA) is 38.9 Å². The lowest BCUT2D eigenvalue weighted by molar-refractivity contribution is 1.01. The van der Waals surface area contributed by atoms with Gasteiger partial charge in [0.25, 0.3) is 0 Å². The van der Waals surface area contributed by atoms with Crippen molar-refractivity contribution < 1.29 is 0 Å². The first-order chi connectivity index (χ1) is 5.84. The van der Waals surface area contributed by atoms with Gasteiger partial charge >= 0.3 is 0 Å². The number of aryl methyl sites for hydroxylation is 1. The molecule has 0 saturated carbocycles. The highest BCUT2D eigenvalue weighted by Crippen LogP contribution is 2.06. The second-order valence-electron chi connectivity index (χ2n) is 2.71. The Labute approximate surface area is 73.1 Å². The van der Waals surface area contributed by atoms with Crippen molar-refractivity contribution >= 4 is 6.08 Å². The van der Waals surface area contributed by atoms with Crippen molar-refractivity contribution in [2.75, 3.05) is 6.54 Å². The van der Waals surface area contributed by atoms with Gasteiger partial charge in [-0.2, -0.15) is 0 Å². The van der Waals surface area contributed by atoms with Gasteiger partial charge in [0.15, 0.2) is 0 Å². The van der Waals surface area contributed by atoms with E-state index >= 15 is 0 Å². The van der Waals surface area contributed by atoms with Crippen LogP contribution >= 0.6 is 0 Å². The third-order valence-corrected chi connectivity index (χ3v) is 1.71. The van der Waals surface area contributed by atoms with Gasteiger partial charge in [-0.3, -0.25) is 4.98 Å². The summed E-state index contributed by atoms with van der Waals surface area (Å²) in [5.41, 5.74) is 7.78. The van der Waals surface area contributed by atoms with Gasteiger partial charge in [-0.25, -0.2) is 0 Å². The van der Waals surface area contributed by atoms with E-state index in [0.717, 1.165) is 6.42 Å². The molecule has 0 amide bonds. The number of nitrogens with two attached hydrogens (primary N) is 1. The van der Waals surface area contributed by atoms with Crippen molar-refractivity contribution in [1.29, 1.82) is 0 Å². The van der Waals surface area contributed by atoms with Crippen LogP contribution in [0.2, 0.25) is 0 Å². The average molecular weight is 162 g/mol. The summed E-state index contributed by atoms with van der Waals surface area (Å²) in [5.74, 6) is 0. The maximum Gasteiger partial charge on any atom is 0.0342 e. The summed E-state index contributed by atoms with van der Waals surface area (Å²) in [6.07, 6.45) is 8.73. The molecule has 2 heteroatoms. The van der Waals surface area contributed by atoms with E-state index in [2.05, 4.69) is 24.1 Å². The maximum atomic E-state index is 5.36. The highest BCUT2D eigenvalue weighted by Gasteiger charge is 1.90. The highest BCUT2D eigenvalue weighted by atomic mass is 14.6. The van der Waals surface area contributed by atoms with E-state index < -0.39 is 0 Å². The molecule has 0 saturated heterocycles. The first kappa shape index (κ1) is 8.94. The average Bonchev–Trinajstić information content (AvgIpc) is 2.09. The SMILES string of the molecule is Cc1ccncc1C=CCCN. The van der Waals surface area contributed by atoms with Crippen LogP contribution in [-0.4, -0.2) is 11.5 Å². The fourth-order valence-electron chi connectivity index (χ4n) is 0.957. The summed E-state index contributed by atoms with van der Waals surface area (Å²) in [4.78, 5) is 4.04. The van der Waals surface area contributed by atoms with Crippen LogP contribution in [0, 0.1) is 6.92 Å². The number of nitrogens with zero attached hydrogens (tertiary/aromatic N) is 1. The molecular weight excluding hydrogens is 148 g/mol. The molecule has 0 fully saturated rings. The van der Waals surface area contributed by atoms with E-state index in [1.165, 1.54) is 11.1 Å². The molecule has 0 radical (unpaired) electrons. The summed E-state index contributed by atoms with van der Waals surface area (Å²) in [5, 5.41) is 0. The molecule has 0 bridgehead atoms. The lowest BCUT2D eigenvalue weighted by Crippen LogP contribution is -1.95. The van der Waals surface area contributed by atoms with Crippen LogP contribution < -0.4 is 5.73 Å².